The molecular weight excluding hydrogens is 394 g/mol. The average molecular weight is 426 g/mol. The zero-order valence-electron chi connectivity index (χ0n) is 18.2. The molecule has 9 nitrogen and oxygen atoms in total. The fourth-order valence-electron chi connectivity index (χ4n) is 5.08. The molecular formula is C22H31N7O2. The SMILES string of the molecule is Cc1ncc2c(n1)C1(CCN(C(=O)c3cn(CCC4CCCCN4)nn3)CC1)OCC2. The van der Waals surface area contributed by atoms with Gasteiger partial charge in [-0.25, -0.2) is 9.97 Å². The van der Waals surface area contributed by atoms with Gasteiger partial charge in [-0.2, -0.15) is 0 Å². The van der Waals surface area contributed by atoms with Gasteiger partial charge in [0.2, 0.25) is 0 Å². The number of nitrogens with zero attached hydrogens (tertiary/aromatic N) is 6. The third-order valence-corrected chi connectivity index (χ3v) is 6.90. The van der Waals surface area contributed by atoms with Crippen LogP contribution < -0.4 is 5.32 Å². The van der Waals surface area contributed by atoms with Crippen LogP contribution >= 0.6 is 0 Å². The molecule has 3 aliphatic rings. The first-order chi connectivity index (χ1) is 15.1. The highest BCUT2D eigenvalue weighted by molar-refractivity contribution is 5.92. The molecule has 9 heteroatoms. The van der Waals surface area contributed by atoms with Crippen LogP contribution in [-0.2, 0) is 23.3 Å². The van der Waals surface area contributed by atoms with Crippen LogP contribution in [-0.4, -0.2) is 68.1 Å². The Morgan fingerprint density at radius 3 is 3.00 bits per heavy atom. The van der Waals surface area contributed by atoms with Gasteiger partial charge in [0.15, 0.2) is 5.69 Å². The second-order valence-electron chi connectivity index (χ2n) is 8.98. The van der Waals surface area contributed by atoms with Gasteiger partial charge in [0, 0.05) is 31.9 Å². The number of likely N-dealkylation sites (tertiary alicyclic amines) is 1. The molecule has 1 unspecified atom stereocenters. The van der Waals surface area contributed by atoms with Crippen LogP contribution in [0.2, 0.25) is 0 Å². The van der Waals surface area contributed by atoms with Crippen molar-refractivity contribution in [2.45, 2.75) is 70.1 Å². The molecule has 0 aromatic carbocycles. The molecule has 3 aliphatic heterocycles. The number of carbonyl (C=O) groups is 1. The van der Waals surface area contributed by atoms with Crippen LogP contribution in [0, 0.1) is 6.92 Å². The van der Waals surface area contributed by atoms with E-state index in [0.717, 1.165) is 50.3 Å². The van der Waals surface area contributed by atoms with Gasteiger partial charge < -0.3 is 15.0 Å². The van der Waals surface area contributed by atoms with Crippen molar-refractivity contribution in [2.24, 2.45) is 0 Å². The molecule has 2 aromatic rings. The number of carbonyl (C=O) groups excluding carboxylic acids is 1. The number of ether oxygens (including phenoxy) is 1. The Kier molecular flexibility index (Phi) is 5.71. The fourth-order valence-corrected chi connectivity index (χ4v) is 5.08. The largest absolute Gasteiger partial charge is 0.368 e. The molecule has 2 saturated heterocycles. The molecule has 1 spiro atoms. The molecule has 1 N–H and O–H groups in total. The Hall–Kier alpha value is -2.39. The van der Waals surface area contributed by atoms with E-state index >= 15 is 0 Å². The van der Waals surface area contributed by atoms with E-state index < -0.39 is 5.60 Å². The Bertz CT molecular complexity index is 930. The number of aryl methyl sites for hydroxylation is 2. The third-order valence-electron chi connectivity index (χ3n) is 6.90. The van der Waals surface area contributed by atoms with Crippen molar-refractivity contribution in [3.8, 4) is 0 Å². The number of rotatable bonds is 4. The van der Waals surface area contributed by atoms with E-state index in [0.29, 0.717) is 31.4 Å². The van der Waals surface area contributed by atoms with E-state index in [-0.39, 0.29) is 5.91 Å². The Morgan fingerprint density at radius 2 is 2.19 bits per heavy atom. The van der Waals surface area contributed by atoms with Gasteiger partial charge in [-0.15, -0.1) is 5.10 Å². The number of fused-ring (bicyclic) bond motifs is 2. The highest BCUT2D eigenvalue weighted by Crippen LogP contribution is 2.40. The van der Waals surface area contributed by atoms with Crippen molar-refractivity contribution in [2.75, 3.05) is 26.2 Å². The van der Waals surface area contributed by atoms with Crippen LogP contribution in [0.15, 0.2) is 12.4 Å². The van der Waals surface area contributed by atoms with Gasteiger partial charge in [-0.3, -0.25) is 9.48 Å². The number of piperidine rings is 2. The summed E-state index contributed by atoms with van der Waals surface area (Å²) >= 11 is 0. The maximum Gasteiger partial charge on any atom is 0.276 e. The first-order valence-corrected chi connectivity index (χ1v) is 11.5. The zero-order valence-corrected chi connectivity index (χ0v) is 18.2. The highest BCUT2D eigenvalue weighted by Gasteiger charge is 2.43. The van der Waals surface area contributed by atoms with E-state index in [1.54, 1.807) is 10.9 Å². The van der Waals surface area contributed by atoms with Crippen LogP contribution in [0.3, 0.4) is 0 Å². The number of hydrogen-bond acceptors (Lipinski definition) is 7. The van der Waals surface area contributed by atoms with Crippen molar-refractivity contribution < 1.29 is 9.53 Å². The van der Waals surface area contributed by atoms with Crippen molar-refractivity contribution in [1.82, 2.24) is 35.2 Å². The minimum absolute atomic E-state index is 0.0493. The molecule has 0 aliphatic carbocycles. The quantitative estimate of drug-likeness (QED) is 0.795. The summed E-state index contributed by atoms with van der Waals surface area (Å²) in [5.41, 5.74) is 2.21. The summed E-state index contributed by atoms with van der Waals surface area (Å²) in [5, 5.41) is 11.9. The maximum atomic E-state index is 13.0. The Balaban J connectivity index is 1.20. The predicted octanol–water partition coefficient (Wildman–Crippen LogP) is 1.61. The molecule has 1 atom stereocenters. The molecule has 31 heavy (non-hydrogen) atoms. The lowest BCUT2D eigenvalue weighted by Crippen LogP contribution is -2.49. The summed E-state index contributed by atoms with van der Waals surface area (Å²) in [6, 6.07) is 0.543. The summed E-state index contributed by atoms with van der Waals surface area (Å²) in [6.45, 7) is 5.72. The summed E-state index contributed by atoms with van der Waals surface area (Å²) in [4.78, 5) is 23.9. The molecule has 1 amide bonds. The molecule has 0 bridgehead atoms. The van der Waals surface area contributed by atoms with Crippen LogP contribution in [0.5, 0.6) is 0 Å². The van der Waals surface area contributed by atoms with Gasteiger partial charge >= 0.3 is 0 Å². The Labute approximate surface area is 182 Å². The van der Waals surface area contributed by atoms with E-state index in [2.05, 4.69) is 20.6 Å². The second-order valence-corrected chi connectivity index (χ2v) is 8.98. The van der Waals surface area contributed by atoms with Gasteiger partial charge in [-0.05, 0) is 57.6 Å². The van der Waals surface area contributed by atoms with Crippen LogP contribution in [0.1, 0.15) is 66.1 Å². The van der Waals surface area contributed by atoms with E-state index in [1.165, 1.54) is 24.8 Å². The first kappa shape index (κ1) is 20.5. The lowest BCUT2D eigenvalue weighted by atomic mass is 9.83. The number of hydrogen-bond donors (Lipinski definition) is 1. The van der Waals surface area contributed by atoms with Crippen molar-refractivity contribution in [3.63, 3.8) is 0 Å². The standard InChI is InChI=1S/C22H31N7O2/c1-16-24-14-17-6-13-31-22(20(17)25-16)7-11-28(12-8-22)21(30)19-15-29(27-26-19)10-5-18-4-2-3-9-23-18/h14-15,18,23H,2-13H2,1H3. The van der Waals surface area contributed by atoms with Crippen molar-refractivity contribution >= 4 is 5.91 Å². The summed E-state index contributed by atoms with van der Waals surface area (Å²) in [5.74, 6) is 0.717. The maximum absolute atomic E-state index is 13.0. The molecule has 5 heterocycles. The number of aromatic nitrogens is 5. The zero-order chi connectivity index (χ0) is 21.3. The average Bonchev–Trinajstić information content (AvgIpc) is 3.28. The summed E-state index contributed by atoms with van der Waals surface area (Å²) in [7, 11) is 0. The Morgan fingerprint density at radius 1 is 1.32 bits per heavy atom. The van der Waals surface area contributed by atoms with Crippen LogP contribution in [0.25, 0.3) is 0 Å². The molecule has 2 fully saturated rings. The van der Waals surface area contributed by atoms with Gasteiger partial charge in [0.25, 0.3) is 5.91 Å². The molecule has 166 valence electrons. The lowest BCUT2D eigenvalue weighted by Gasteiger charge is -2.43. The second kappa shape index (κ2) is 8.63. The summed E-state index contributed by atoms with van der Waals surface area (Å²) in [6.07, 6.45) is 10.8. The topological polar surface area (TPSA) is 98.1 Å². The van der Waals surface area contributed by atoms with E-state index in [9.17, 15) is 4.79 Å². The highest BCUT2D eigenvalue weighted by atomic mass is 16.5. The molecule has 0 radical (unpaired) electrons. The minimum atomic E-state index is -0.400. The number of amides is 1. The monoisotopic (exact) mass is 425 g/mol. The van der Waals surface area contributed by atoms with Crippen LogP contribution in [0.4, 0.5) is 0 Å². The van der Waals surface area contributed by atoms with Gasteiger partial charge in [-0.1, -0.05) is 11.6 Å². The fraction of sp³-hybridized carbons (Fsp3) is 0.682. The normalized spacial score (nSPS) is 23.0. The lowest BCUT2D eigenvalue weighted by molar-refractivity contribution is -0.0969. The first-order valence-electron chi connectivity index (χ1n) is 11.5. The predicted molar refractivity (Wildman–Crippen MR) is 114 cm³/mol. The van der Waals surface area contributed by atoms with Gasteiger partial charge in [0.1, 0.15) is 11.4 Å². The van der Waals surface area contributed by atoms with E-state index in [1.807, 2.05) is 18.0 Å². The van der Waals surface area contributed by atoms with Crippen molar-refractivity contribution in [3.05, 3.63) is 35.2 Å². The third kappa shape index (κ3) is 4.21. The molecule has 2 aromatic heterocycles. The molecule has 5 rings (SSSR count). The number of nitrogens with one attached hydrogen (secondary N) is 1. The van der Waals surface area contributed by atoms with Crippen molar-refractivity contribution in [1.29, 1.82) is 0 Å². The smallest absolute Gasteiger partial charge is 0.276 e. The van der Waals surface area contributed by atoms with Gasteiger partial charge in [0.05, 0.1) is 18.5 Å². The summed E-state index contributed by atoms with van der Waals surface area (Å²) < 4.78 is 8.05. The minimum Gasteiger partial charge on any atom is -0.368 e. The van der Waals surface area contributed by atoms with E-state index in [4.69, 9.17) is 9.72 Å². The molecule has 0 saturated carbocycles.